The third kappa shape index (κ3) is 2.51. The van der Waals surface area contributed by atoms with Crippen LogP contribution in [-0.2, 0) is 4.79 Å². The maximum absolute atomic E-state index is 11.8. The van der Waals surface area contributed by atoms with Gasteiger partial charge in [0.15, 0.2) is 5.78 Å². The fourth-order valence-electron chi connectivity index (χ4n) is 2.76. The van der Waals surface area contributed by atoms with E-state index in [9.17, 15) is 14.7 Å². The molecule has 0 aliphatic heterocycles. The van der Waals surface area contributed by atoms with Gasteiger partial charge in [-0.1, -0.05) is 0 Å². The number of methoxy groups -OCH3 is 2. The first-order valence-corrected chi connectivity index (χ1v) is 6.71. The highest BCUT2D eigenvalue weighted by Gasteiger charge is 2.27. The first kappa shape index (κ1) is 15.1. The number of hydrogen-bond donors (Lipinski definition) is 1. The van der Waals surface area contributed by atoms with Gasteiger partial charge in [-0.05, 0) is 37.3 Å². The van der Waals surface area contributed by atoms with Crippen LogP contribution >= 0.6 is 0 Å². The summed E-state index contributed by atoms with van der Waals surface area (Å²) < 4.78 is 10.5. The van der Waals surface area contributed by atoms with E-state index in [-0.39, 0.29) is 22.8 Å². The minimum Gasteiger partial charge on any atom is -0.506 e. The van der Waals surface area contributed by atoms with Crippen molar-refractivity contribution < 1.29 is 24.2 Å². The first-order chi connectivity index (χ1) is 10.0. The second-order valence-electron chi connectivity index (χ2n) is 4.91. The van der Waals surface area contributed by atoms with Crippen LogP contribution in [0, 0.1) is 0 Å². The number of phenolic OH excluding ortho intramolecular Hbond substituents is 1. The normalized spacial score (nSPS) is 14.2. The molecule has 0 radical (unpaired) electrons. The van der Waals surface area contributed by atoms with Gasteiger partial charge in [-0.25, -0.2) is 0 Å². The summed E-state index contributed by atoms with van der Waals surface area (Å²) >= 11 is 0. The fraction of sp³-hybridized carbons (Fsp3) is 0.375. The molecular formula is C16H18O5. The predicted octanol–water partition coefficient (Wildman–Crippen LogP) is 2.75. The van der Waals surface area contributed by atoms with Gasteiger partial charge in [0.25, 0.3) is 0 Å². The zero-order valence-electron chi connectivity index (χ0n) is 12.4. The standard InChI is InChI=1S/C16H18O5/c1-9(18)14-12(20-2)7-13(21-3)15(16(14)19)11-6-4-5-10(11)8-17/h7-8,19H,4-6H2,1-3H3. The molecule has 1 aromatic rings. The van der Waals surface area contributed by atoms with Crippen molar-refractivity contribution in [2.24, 2.45) is 0 Å². The Morgan fingerprint density at radius 2 is 1.90 bits per heavy atom. The molecule has 0 heterocycles. The lowest BCUT2D eigenvalue weighted by Crippen LogP contribution is -2.03. The van der Waals surface area contributed by atoms with Crippen LogP contribution in [0.5, 0.6) is 17.2 Å². The second-order valence-corrected chi connectivity index (χ2v) is 4.91. The minimum atomic E-state index is -0.306. The number of aromatic hydroxyl groups is 1. The Kier molecular flexibility index (Phi) is 4.31. The summed E-state index contributed by atoms with van der Waals surface area (Å²) in [5.74, 6) is 0.159. The van der Waals surface area contributed by atoms with Crippen molar-refractivity contribution in [1.82, 2.24) is 0 Å². The minimum absolute atomic E-state index is 0.109. The quantitative estimate of drug-likeness (QED) is 0.666. The Bertz CT molecular complexity index is 628. The highest BCUT2D eigenvalue weighted by molar-refractivity contribution is 6.03. The van der Waals surface area contributed by atoms with Crippen LogP contribution in [0.4, 0.5) is 0 Å². The van der Waals surface area contributed by atoms with Crippen LogP contribution in [0.2, 0.25) is 0 Å². The van der Waals surface area contributed by atoms with Crippen molar-refractivity contribution in [3.63, 3.8) is 0 Å². The van der Waals surface area contributed by atoms with Gasteiger partial charge >= 0.3 is 0 Å². The lowest BCUT2D eigenvalue weighted by molar-refractivity contribution is -0.104. The molecule has 0 saturated heterocycles. The van der Waals surface area contributed by atoms with Gasteiger partial charge in [-0.15, -0.1) is 0 Å². The molecule has 2 rings (SSSR count). The predicted molar refractivity (Wildman–Crippen MR) is 78.1 cm³/mol. The van der Waals surface area contributed by atoms with Gasteiger partial charge in [0.05, 0.1) is 19.8 Å². The highest BCUT2D eigenvalue weighted by atomic mass is 16.5. The van der Waals surface area contributed by atoms with E-state index in [0.29, 0.717) is 29.7 Å². The molecule has 1 aliphatic carbocycles. The number of phenols is 1. The maximum atomic E-state index is 11.8. The fourth-order valence-corrected chi connectivity index (χ4v) is 2.76. The number of hydrogen-bond acceptors (Lipinski definition) is 5. The zero-order chi connectivity index (χ0) is 15.6. The van der Waals surface area contributed by atoms with Crippen molar-refractivity contribution in [3.05, 3.63) is 22.8 Å². The van der Waals surface area contributed by atoms with E-state index in [2.05, 4.69) is 0 Å². The molecule has 0 amide bonds. The molecule has 21 heavy (non-hydrogen) atoms. The number of allylic oxidation sites excluding steroid dienone is 2. The van der Waals surface area contributed by atoms with Gasteiger partial charge < -0.3 is 14.6 Å². The summed E-state index contributed by atoms with van der Waals surface area (Å²) in [4.78, 5) is 23.0. The number of aldehydes is 1. The van der Waals surface area contributed by atoms with Gasteiger partial charge in [-0.3, -0.25) is 9.59 Å². The molecule has 0 atom stereocenters. The van der Waals surface area contributed by atoms with E-state index in [1.165, 1.54) is 21.1 Å². The third-order valence-electron chi connectivity index (χ3n) is 3.73. The maximum Gasteiger partial charge on any atom is 0.167 e. The van der Waals surface area contributed by atoms with Gasteiger partial charge in [0.2, 0.25) is 0 Å². The number of carbonyl (C=O) groups excluding carboxylic acids is 2. The number of carbonyl (C=O) groups is 2. The van der Waals surface area contributed by atoms with Gasteiger partial charge in [0, 0.05) is 6.07 Å². The number of benzene rings is 1. The monoisotopic (exact) mass is 290 g/mol. The molecule has 0 spiro atoms. The third-order valence-corrected chi connectivity index (χ3v) is 3.73. The molecule has 5 nitrogen and oxygen atoms in total. The van der Waals surface area contributed by atoms with Crippen molar-refractivity contribution in [3.8, 4) is 17.2 Å². The van der Waals surface area contributed by atoms with Gasteiger partial charge in [0.1, 0.15) is 29.1 Å². The van der Waals surface area contributed by atoms with Crippen LogP contribution in [0.15, 0.2) is 11.6 Å². The van der Waals surface area contributed by atoms with Crippen molar-refractivity contribution in [1.29, 1.82) is 0 Å². The molecule has 0 aromatic heterocycles. The first-order valence-electron chi connectivity index (χ1n) is 6.71. The molecule has 1 N–H and O–H groups in total. The lowest BCUT2D eigenvalue weighted by Gasteiger charge is -2.17. The molecule has 0 saturated carbocycles. The molecule has 112 valence electrons. The molecule has 0 bridgehead atoms. The van der Waals surface area contributed by atoms with E-state index in [0.717, 1.165) is 18.3 Å². The summed E-state index contributed by atoms with van der Waals surface area (Å²) in [6, 6.07) is 1.57. The average Bonchev–Trinajstić information content (AvgIpc) is 2.93. The Labute approximate surface area is 123 Å². The lowest BCUT2D eigenvalue weighted by atomic mass is 9.95. The topological polar surface area (TPSA) is 72.8 Å². The van der Waals surface area contributed by atoms with Crippen LogP contribution in [0.25, 0.3) is 5.57 Å². The summed E-state index contributed by atoms with van der Waals surface area (Å²) in [7, 11) is 2.90. The van der Waals surface area contributed by atoms with E-state index in [1.54, 1.807) is 6.07 Å². The van der Waals surface area contributed by atoms with Crippen LogP contribution < -0.4 is 9.47 Å². The van der Waals surface area contributed by atoms with E-state index in [4.69, 9.17) is 9.47 Å². The Hall–Kier alpha value is -2.30. The summed E-state index contributed by atoms with van der Waals surface area (Å²) in [5, 5.41) is 10.5. The Balaban J connectivity index is 2.79. The molecule has 1 aliphatic rings. The van der Waals surface area contributed by atoms with E-state index < -0.39 is 0 Å². The van der Waals surface area contributed by atoms with E-state index >= 15 is 0 Å². The summed E-state index contributed by atoms with van der Waals surface area (Å²) in [6.07, 6.45) is 2.98. The largest absolute Gasteiger partial charge is 0.506 e. The Morgan fingerprint density at radius 3 is 2.43 bits per heavy atom. The van der Waals surface area contributed by atoms with Crippen molar-refractivity contribution in [2.75, 3.05) is 14.2 Å². The SMILES string of the molecule is COc1cc(OC)c(C2=C(C=O)CCC2)c(O)c1C(C)=O. The second kappa shape index (κ2) is 5.99. The Morgan fingerprint density at radius 1 is 1.24 bits per heavy atom. The highest BCUT2D eigenvalue weighted by Crippen LogP contribution is 2.46. The molecule has 5 heteroatoms. The zero-order valence-corrected chi connectivity index (χ0v) is 12.4. The molecule has 1 aromatic carbocycles. The summed E-state index contributed by atoms with van der Waals surface area (Å²) in [6.45, 7) is 1.36. The molecule has 0 fully saturated rings. The van der Waals surface area contributed by atoms with Crippen LogP contribution in [0.3, 0.4) is 0 Å². The smallest absolute Gasteiger partial charge is 0.167 e. The molecular weight excluding hydrogens is 272 g/mol. The number of ether oxygens (including phenoxy) is 2. The van der Waals surface area contributed by atoms with Crippen molar-refractivity contribution >= 4 is 17.6 Å². The number of ketones is 1. The number of rotatable bonds is 5. The van der Waals surface area contributed by atoms with Crippen LogP contribution in [0.1, 0.15) is 42.1 Å². The van der Waals surface area contributed by atoms with Crippen molar-refractivity contribution in [2.45, 2.75) is 26.2 Å². The van der Waals surface area contributed by atoms with Gasteiger partial charge in [-0.2, -0.15) is 0 Å². The van der Waals surface area contributed by atoms with Crippen LogP contribution in [-0.4, -0.2) is 31.4 Å². The average molecular weight is 290 g/mol. The number of Topliss-reactive ketones (excluding diaryl/α,β-unsaturated/α-hetero) is 1. The van der Waals surface area contributed by atoms with E-state index in [1.807, 2.05) is 0 Å². The molecule has 0 unspecified atom stereocenters. The summed E-state index contributed by atoms with van der Waals surface area (Å²) in [5.41, 5.74) is 1.91.